The normalized spacial score (nSPS) is 22.0. The minimum Gasteiger partial charge on any atom is -0.395 e. The van der Waals surface area contributed by atoms with Crippen molar-refractivity contribution in [2.45, 2.75) is 25.0 Å². The molecule has 0 saturated carbocycles. The van der Waals surface area contributed by atoms with E-state index in [-0.39, 0.29) is 19.7 Å². The van der Waals surface area contributed by atoms with E-state index in [1.807, 2.05) is 0 Å². The summed E-state index contributed by atoms with van der Waals surface area (Å²) < 4.78 is 26.3. The molecule has 0 unspecified atom stereocenters. The number of hydrogen-bond acceptors (Lipinski definition) is 4. The SMILES string of the molecule is CN(CCO)C[C@@]1(O)CCCN(Cc2ccc(F)c(F)c2)C1=O. The van der Waals surface area contributed by atoms with Crippen LogP contribution in [0.1, 0.15) is 18.4 Å². The molecular formula is C16H22F2N2O3. The smallest absolute Gasteiger partial charge is 0.256 e. The summed E-state index contributed by atoms with van der Waals surface area (Å²) >= 11 is 0. The number of benzene rings is 1. The molecule has 1 aromatic carbocycles. The highest BCUT2D eigenvalue weighted by Crippen LogP contribution is 2.25. The minimum absolute atomic E-state index is 0.0562. The highest BCUT2D eigenvalue weighted by atomic mass is 19.2. The largest absolute Gasteiger partial charge is 0.395 e. The Balaban J connectivity index is 2.08. The highest BCUT2D eigenvalue weighted by molar-refractivity contribution is 5.86. The van der Waals surface area contributed by atoms with Gasteiger partial charge in [0.2, 0.25) is 0 Å². The van der Waals surface area contributed by atoms with Gasteiger partial charge in [0, 0.05) is 26.2 Å². The lowest BCUT2D eigenvalue weighted by atomic mass is 9.91. The maximum Gasteiger partial charge on any atom is 0.256 e. The molecule has 7 heteroatoms. The van der Waals surface area contributed by atoms with Crippen molar-refractivity contribution < 1.29 is 23.8 Å². The first-order valence-corrected chi connectivity index (χ1v) is 7.61. The first-order valence-electron chi connectivity index (χ1n) is 7.61. The van der Waals surface area contributed by atoms with Gasteiger partial charge in [-0.1, -0.05) is 6.07 Å². The second-order valence-corrected chi connectivity index (χ2v) is 6.07. The van der Waals surface area contributed by atoms with Crippen LogP contribution in [0, 0.1) is 11.6 Å². The fraction of sp³-hybridized carbons (Fsp3) is 0.562. The van der Waals surface area contributed by atoms with E-state index in [1.54, 1.807) is 11.9 Å². The van der Waals surface area contributed by atoms with Crippen LogP contribution in [-0.2, 0) is 11.3 Å². The third-order valence-corrected chi connectivity index (χ3v) is 4.07. The molecule has 2 rings (SSSR count). The van der Waals surface area contributed by atoms with Crippen molar-refractivity contribution in [2.75, 3.05) is 33.3 Å². The summed E-state index contributed by atoms with van der Waals surface area (Å²) in [6.45, 7) is 1.02. The Bertz CT molecular complexity index is 570. The summed E-state index contributed by atoms with van der Waals surface area (Å²) in [6, 6.07) is 3.52. The summed E-state index contributed by atoms with van der Waals surface area (Å²) in [4.78, 5) is 15.7. The van der Waals surface area contributed by atoms with Crippen LogP contribution in [0.5, 0.6) is 0 Å². The predicted molar refractivity (Wildman–Crippen MR) is 80.5 cm³/mol. The molecule has 1 fully saturated rings. The number of rotatable bonds is 6. The lowest BCUT2D eigenvalue weighted by molar-refractivity contribution is -0.160. The number of aliphatic hydroxyl groups excluding tert-OH is 1. The lowest BCUT2D eigenvalue weighted by Gasteiger charge is -2.40. The summed E-state index contributed by atoms with van der Waals surface area (Å²) in [5.41, 5.74) is -1.04. The van der Waals surface area contributed by atoms with Crippen LogP contribution in [-0.4, -0.2) is 64.8 Å². The first kappa shape index (κ1) is 17.8. The van der Waals surface area contributed by atoms with Gasteiger partial charge < -0.3 is 20.0 Å². The van der Waals surface area contributed by atoms with Crippen molar-refractivity contribution >= 4 is 5.91 Å². The molecule has 1 aromatic rings. The zero-order chi connectivity index (χ0) is 17.0. The molecule has 1 aliphatic heterocycles. The topological polar surface area (TPSA) is 64.0 Å². The van der Waals surface area contributed by atoms with Gasteiger partial charge in [-0.05, 0) is 37.6 Å². The Kier molecular flexibility index (Phi) is 5.67. The first-order chi connectivity index (χ1) is 10.9. The van der Waals surface area contributed by atoms with Gasteiger partial charge in [-0.3, -0.25) is 4.79 Å². The number of likely N-dealkylation sites (N-methyl/N-ethyl adjacent to an activating group) is 1. The number of hydrogen-bond donors (Lipinski definition) is 2. The van der Waals surface area contributed by atoms with Crippen LogP contribution in [0.2, 0.25) is 0 Å². The Hall–Kier alpha value is -1.57. The van der Waals surface area contributed by atoms with E-state index >= 15 is 0 Å². The van der Waals surface area contributed by atoms with Crippen LogP contribution >= 0.6 is 0 Å². The van der Waals surface area contributed by atoms with E-state index in [0.29, 0.717) is 31.5 Å². The average molecular weight is 328 g/mol. The summed E-state index contributed by atoms with van der Waals surface area (Å²) in [6.07, 6.45) is 0.967. The quantitative estimate of drug-likeness (QED) is 0.809. The molecule has 0 aliphatic carbocycles. The fourth-order valence-corrected chi connectivity index (χ4v) is 2.92. The van der Waals surface area contributed by atoms with Crippen molar-refractivity contribution in [1.82, 2.24) is 9.80 Å². The standard InChI is InChI=1S/C16H22F2N2O3/c1-19(7-8-21)11-16(23)5-2-6-20(15(16)22)10-12-3-4-13(17)14(18)9-12/h3-4,9,21,23H,2,5-8,10-11H2,1H3/t16-/m0/s1. The number of nitrogens with zero attached hydrogens (tertiary/aromatic N) is 2. The van der Waals surface area contributed by atoms with E-state index < -0.39 is 23.1 Å². The van der Waals surface area contributed by atoms with E-state index in [9.17, 15) is 18.7 Å². The van der Waals surface area contributed by atoms with Gasteiger partial charge in [0.05, 0.1) is 6.61 Å². The van der Waals surface area contributed by atoms with Gasteiger partial charge in [-0.25, -0.2) is 8.78 Å². The Morgan fingerprint density at radius 1 is 1.35 bits per heavy atom. The average Bonchev–Trinajstić information content (AvgIpc) is 2.48. The van der Waals surface area contributed by atoms with Crippen LogP contribution in [0.3, 0.4) is 0 Å². The molecule has 1 saturated heterocycles. The number of likely N-dealkylation sites (tertiary alicyclic amines) is 1. The van der Waals surface area contributed by atoms with Crippen LogP contribution in [0.4, 0.5) is 8.78 Å². The van der Waals surface area contributed by atoms with E-state index in [1.165, 1.54) is 11.0 Å². The van der Waals surface area contributed by atoms with Crippen molar-refractivity contribution in [2.24, 2.45) is 0 Å². The van der Waals surface area contributed by atoms with Gasteiger partial charge in [-0.2, -0.15) is 0 Å². The molecule has 0 bridgehead atoms. The van der Waals surface area contributed by atoms with Crippen LogP contribution < -0.4 is 0 Å². The van der Waals surface area contributed by atoms with Gasteiger partial charge in [-0.15, -0.1) is 0 Å². The van der Waals surface area contributed by atoms with Gasteiger partial charge in [0.25, 0.3) is 5.91 Å². The summed E-state index contributed by atoms with van der Waals surface area (Å²) in [5.74, 6) is -2.30. The highest BCUT2D eigenvalue weighted by Gasteiger charge is 2.42. The zero-order valence-electron chi connectivity index (χ0n) is 13.1. The summed E-state index contributed by atoms with van der Waals surface area (Å²) in [7, 11) is 1.72. The maximum absolute atomic E-state index is 13.3. The third-order valence-electron chi connectivity index (χ3n) is 4.07. The van der Waals surface area contributed by atoms with E-state index in [4.69, 9.17) is 5.11 Å². The van der Waals surface area contributed by atoms with E-state index in [0.717, 1.165) is 12.1 Å². The molecule has 1 amide bonds. The molecule has 0 aromatic heterocycles. The second-order valence-electron chi connectivity index (χ2n) is 6.07. The summed E-state index contributed by atoms with van der Waals surface area (Å²) in [5, 5.41) is 19.6. The fourth-order valence-electron chi connectivity index (χ4n) is 2.92. The Labute approximate surface area is 134 Å². The van der Waals surface area contributed by atoms with E-state index in [2.05, 4.69) is 0 Å². The number of carbonyl (C=O) groups excluding carboxylic acids is 1. The molecule has 5 nitrogen and oxygen atoms in total. The molecule has 0 spiro atoms. The lowest BCUT2D eigenvalue weighted by Crippen LogP contribution is -2.58. The second kappa shape index (κ2) is 7.33. The molecule has 1 aliphatic rings. The van der Waals surface area contributed by atoms with Gasteiger partial charge in [0.15, 0.2) is 17.2 Å². The molecule has 1 heterocycles. The number of aliphatic hydroxyl groups is 2. The van der Waals surface area contributed by atoms with Crippen LogP contribution in [0.25, 0.3) is 0 Å². The number of carbonyl (C=O) groups is 1. The number of amides is 1. The predicted octanol–water partition coefficient (Wildman–Crippen LogP) is 0.742. The third kappa shape index (κ3) is 4.25. The zero-order valence-corrected chi connectivity index (χ0v) is 13.1. The number of piperidine rings is 1. The molecule has 0 radical (unpaired) electrons. The Morgan fingerprint density at radius 2 is 2.09 bits per heavy atom. The minimum atomic E-state index is -1.51. The molecular weight excluding hydrogens is 306 g/mol. The number of halogens is 2. The molecule has 128 valence electrons. The van der Waals surface area contributed by atoms with Gasteiger partial charge in [0.1, 0.15) is 0 Å². The van der Waals surface area contributed by atoms with Crippen molar-refractivity contribution in [3.05, 3.63) is 35.4 Å². The Morgan fingerprint density at radius 3 is 2.74 bits per heavy atom. The molecule has 2 N–H and O–H groups in total. The van der Waals surface area contributed by atoms with Gasteiger partial charge >= 0.3 is 0 Å². The molecule has 23 heavy (non-hydrogen) atoms. The van der Waals surface area contributed by atoms with Crippen molar-refractivity contribution in [1.29, 1.82) is 0 Å². The van der Waals surface area contributed by atoms with Crippen molar-refractivity contribution in [3.8, 4) is 0 Å². The monoisotopic (exact) mass is 328 g/mol. The van der Waals surface area contributed by atoms with Crippen LogP contribution in [0.15, 0.2) is 18.2 Å². The maximum atomic E-state index is 13.3. The van der Waals surface area contributed by atoms with Crippen molar-refractivity contribution in [3.63, 3.8) is 0 Å². The molecule has 1 atom stereocenters.